The zero-order valence-electron chi connectivity index (χ0n) is 15.7. The highest BCUT2D eigenvalue weighted by molar-refractivity contribution is 5.32. The first-order valence-corrected chi connectivity index (χ1v) is 8.62. The molecule has 0 aliphatic carbocycles. The quantitative estimate of drug-likeness (QED) is 0.645. The molecular weight excluding hydrogens is 270 g/mol. The first kappa shape index (κ1) is 22.6. The zero-order valence-corrected chi connectivity index (χ0v) is 15.7. The highest BCUT2D eigenvalue weighted by atomic mass is 15.3. The van der Waals surface area contributed by atoms with Crippen LogP contribution in [-0.4, -0.2) is 15.4 Å². The number of aryl methyl sites for hydroxylation is 2. The number of allylic oxidation sites excluding steroid dienone is 5. The average Bonchev–Trinajstić information content (AvgIpc) is 3.05. The number of hydrogen-bond acceptors (Lipinski definition) is 2. The number of aromatic amines is 1. The van der Waals surface area contributed by atoms with Gasteiger partial charge in [-0.2, -0.15) is 15.4 Å². The molecule has 22 heavy (non-hydrogen) atoms. The molecule has 0 radical (unpaired) electrons. The number of hydrogen-bond donors (Lipinski definition) is 1. The third-order valence-corrected chi connectivity index (χ3v) is 3.08. The van der Waals surface area contributed by atoms with Crippen molar-refractivity contribution in [3.05, 3.63) is 47.3 Å². The van der Waals surface area contributed by atoms with E-state index in [1.807, 2.05) is 40.7 Å². The van der Waals surface area contributed by atoms with Gasteiger partial charge in [-0.05, 0) is 43.8 Å². The van der Waals surface area contributed by atoms with Crippen LogP contribution in [0.25, 0.3) is 0 Å². The summed E-state index contributed by atoms with van der Waals surface area (Å²) in [7, 11) is 0. The highest BCUT2D eigenvalue weighted by Gasteiger charge is 2.07. The van der Waals surface area contributed by atoms with Crippen molar-refractivity contribution in [2.24, 2.45) is 0 Å². The molecule has 1 rings (SSSR count). The Labute approximate surface area is 137 Å². The predicted molar refractivity (Wildman–Crippen MR) is 99.1 cm³/mol. The fourth-order valence-corrected chi connectivity index (χ4v) is 2.07. The van der Waals surface area contributed by atoms with Crippen LogP contribution < -0.4 is 0 Å². The van der Waals surface area contributed by atoms with Crippen LogP contribution in [0.3, 0.4) is 0 Å². The molecule has 1 aromatic heterocycles. The van der Waals surface area contributed by atoms with Crippen molar-refractivity contribution in [3.63, 3.8) is 0 Å². The second-order valence-corrected chi connectivity index (χ2v) is 4.18. The Morgan fingerprint density at radius 2 is 1.64 bits per heavy atom. The summed E-state index contributed by atoms with van der Waals surface area (Å²) in [5, 5.41) is 11.1. The highest BCUT2D eigenvalue weighted by Crippen LogP contribution is 2.18. The monoisotopic (exact) mass is 305 g/mol. The molecule has 0 fully saturated rings. The summed E-state index contributed by atoms with van der Waals surface area (Å²) >= 11 is 0. The third kappa shape index (κ3) is 7.96. The smallest absolute Gasteiger partial charge is 0.0859 e. The van der Waals surface area contributed by atoms with E-state index >= 15 is 0 Å². The van der Waals surface area contributed by atoms with Crippen LogP contribution >= 0.6 is 0 Å². The third-order valence-electron chi connectivity index (χ3n) is 3.08. The van der Waals surface area contributed by atoms with Gasteiger partial charge in [-0.25, -0.2) is 0 Å². The Bertz CT molecular complexity index is 439. The Kier molecular flexibility index (Phi) is 16.2. The molecule has 0 saturated heterocycles. The lowest BCUT2D eigenvalue weighted by Crippen LogP contribution is -1.95. The van der Waals surface area contributed by atoms with Crippen LogP contribution in [0.4, 0.5) is 0 Å². The number of nitrogens with one attached hydrogen (secondary N) is 1. The minimum Gasteiger partial charge on any atom is -0.197 e. The zero-order chi connectivity index (χ0) is 17.4. The molecule has 1 N–H and O–H groups in total. The molecule has 0 saturated carbocycles. The largest absolute Gasteiger partial charge is 0.197 e. The summed E-state index contributed by atoms with van der Waals surface area (Å²) in [6, 6.07) is 0. The predicted octanol–water partition coefficient (Wildman–Crippen LogP) is 5.82. The molecule has 0 aliphatic heterocycles. The number of aromatic nitrogens is 3. The van der Waals surface area contributed by atoms with E-state index in [0.717, 1.165) is 37.1 Å². The summed E-state index contributed by atoms with van der Waals surface area (Å²) in [6.45, 7) is 18.2. The molecule has 0 bridgehead atoms. The van der Waals surface area contributed by atoms with Gasteiger partial charge in [0.15, 0.2) is 0 Å². The molecule has 0 atom stereocenters. The molecular formula is C19H35N3. The SMILES string of the molecule is C=C/C(CC)=C(\C=C/C)CCc1n[nH]nc1CC.CC.CC. The maximum atomic E-state index is 4.22. The van der Waals surface area contributed by atoms with Gasteiger partial charge in [-0.3, -0.25) is 0 Å². The molecule has 0 spiro atoms. The Morgan fingerprint density at radius 3 is 2.09 bits per heavy atom. The lowest BCUT2D eigenvalue weighted by Gasteiger charge is -2.07. The van der Waals surface area contributed by atoms with Gasteiger partial charge in [0.25, 0.3) is 0 Å². The molecule has 3 heteroatoms. The second kappa shape index (κ2) is 15.7. The Morgan fingerprint density at radius 1 is 1.05 bits per heavy atom. The van der Waals surface area contributed by atoms with Crippen LogP contribution in [0, 0.1) is 0 Å². The summed E-state index contributed by atoms with van der Waals surface area (Å²) in [4.78, 5) is 0. The van der Waals surface area contributed by atoms with E-state index in [-0.39, 0.29) is 0 Å². The van der Waals surface area contributed by atoms with Gasteiger partial charge in [0, 0.05) is 0 Å². The fraction of sp³-hybridized carbons (Fsp3) is 0.579. The fourth-order valence-electron chi connectivity index (χ4n) is 2.07. The number of H-pyrrole nitrogens is 1. The summed E-state index contributed by atoms with van der Waals surface area (Å²) in [5.74, 6) is 0. The van der Waals surface area contributed by atoms with Crippen molar-refractivity contribution in [1.82, 2.24) is 15.4 Å². The van der Waals surface area contributed by atoms with Gasteiger partial charge in [-0.1, -0.05) is 66.3 Å². The van der Waals surface area contributed by atoms with Crippen molar-refractivity contribution < 1.29 is 0 Å². The van der Waals surface area contributed by atoms with Crippen LogP contribution in [0.5, 0.6) is 0 Å². The van der Waals surface area contributed by atoms with E-state index < -0.39 is 0 Å². The molecule has 0 amide bonds. The maximum Gasteiger partial charge on any atom is 0.0859 e. The van der Waals surface area contributed by atoms with Gasteiger partial charge < -0.3 is 0 Å². The molecule has 3 nitrogen and oxygen atoms in total. The summed E-state index contributed by atoms with van der Waals surface area (Å²) in [5.41, 5.74) is 4.82. The van der Waals surface area contributed by atoms with Crippen molar-refractivity contribution in [1.29, 1.82) is 0 Å². The summed E-state index contributed by atoms with van der Waals surface area (Å²) < 4.78 is 0. The van der Waals surface area contributed by atoms with Crippen molar-refractivity contribution in [3.8, 4) is 0 Å². The Hall–Kier alpha value is -1.64. The first-order chi connectivity index (χ1) is 10.8. The van der Waals surface area contributed by atoms with E-state index in [9.17, 15) is 0 Å². The van der Waals surface area contributed by atoms with Crippen LogP contribution in [0.1, 0.15) is 72.7 Å². The van der Waals surface area contributed by atoms with E-state index in [2.05, 4.69) is 48.0 Å². The molecule has 1 heterocycles. The standard InChI is InChI=1S/C15H23N3.2C2H6/c1-5-9-13(12(6-2)7-3)10-11-15-14(8-4)16-18-17-15;2*1-2/h5-6,9H,2,7-8,10-11H2,1,3-4H3,(H,16,17,18);2*1-2H3/b9-5-,13-12-;;. The molecule has 0 aromatic carbocycles. The van der Waals surface area contributed by atoms with Crippen LogP contribution in [0.2, 0.25) is 0 Å². The van der Waals surface area contributed by atoms with Crippen LogP contribution in [-0.2, 0) is 12.8 Å². The van der Waals surface area contributed by atoms with Gasteiger partial charge in [-0.15, -0.1) is 0 Å². The topological polar surface area (TPSA) is 41.6 Å². The number of nitrogens with zero attached hydrogens (tertiary/aromatic N) is 2. The lowest BCUT2D eigenvalue weighted by molar-refractivity contribution is 0.864. The van der Waals surface area contributed by atoms with Gasteiger partial charge in [0.05, 0.1) is 11.4 Å². The van der Waals surface area contributed by atoms with Crippen LogP contribution in [0.15, 0.2) is 36.0 Å². The van der Waals surface area contributed by atoms with Gasteiger partial charge >= 0.3 is 0 Å². The first-order valence-electron chi connectivity index (χ1n) is 8.62. The van der Waals surface area contributed by atoms with E-state index in [0.29, 0.717) is 0 Å². The normalized spacial score (nSPS) is 11.0. The van der Waals surface area contributed by atoms with E-state index in [4.69, 9.17) is 0 Å². The van der Waals surface area contributed by atoms with Crippen molar-refractivity contribution >= 4 is 0 Å². The number of rotatable bonds is 7. The lowest BCUT2D eigenvalue weighted by atomic mass is 9.99. The molecule has 0 aliphatic rings. The second-order valence-electron chi connectivity index (χ2n) is 4.18. The Balaban J connectivity index is 0. The molecule has 1 aromatic rings. The summed E-state index contributed by atoms with van der Waals surface area (Å²) in [6.07, 6.45) is 10.1. The molecule has 0 unspecified atom stereocenters. The van der Waals surface area contributed by atoms with Crippen molar-refractivity contribution in [2.45, 2.75) is 74.1 Å². The minimum atomic E-state index is 0.927. The van der Waals surface area contributed by atoms with E-state index in [1.165, 1.54) is 11.1 Å². The van der Waals surface area contributed by atoms with Crippen molar-refractivity contribution in [2.75, 3.05) is 0 Å². The van der Waals surface area contributed by atoms with E-state index in [1.54, 1.807) is 0 Å². The minimum absolute atomic E-state index is 0.927. The average molecular weight is 306 g/mol. The maximum absolute atomic E-state index is 4.22. The van der Waals surface area contributed by atoms with Gasteiger partial charge in [0.1, 0.15) is 0 Å². The molecule has 126 valence electrons. The van der Waals surface area contributed by atoms with Gasteiger partial charge in [0.2, 0.25) is 0 Å².